The minimum Gasteiger partial charge on any atom is -0.353 e. The third-order valence-electron chi connectivity index (χ3n) is 5.30. The van der Waals surface area contributed by atoms with E-state index in [1.807, 2.05) is 29.2 Å². The van der Waals surface area contributed by atoms with Gasteiger partial charge >= 0.3 is 12.2 Å². The number of urea groups is 1. The number of para-hydroxylation sites is 1. The average molecular weight is 520 g/mol. The fourth-order valence-electron chi connectivity index (χ4n) is 3.57. The van der Waals surface area contributed by atoms with Crippen LogP contribution in [0.25, 0.3) is 11.4 Å². The number of amides is 2. The largest absolute Gasteiger partial charge is 0.416 e. The van der Waals surface area contributed by atoms with Gasteiger partial charge in [0.1, 0.15) is 5.82 Å². The number of nitrogens with zero attached hydrogens (tertiary/aromatic N) is 4. The van der Waals surface area contributed by atoms with E-state index < -0.39 is 11.7 Å². The van der Waals surface area contributed by atoms with E-state index in [1.165, 1.54) is 6.07 Å². The summed E-state index contributed by atoms with van der Waals surface area (Å²) in [6.45, 7) is 3.84. The molecule has 0 radical (unpaired) electrons. The molecule has 2 amide bonds. The van der Waals surface area contributed by atoms with Crippen molar-refractivity contribution in [3.63, 3.8) is 0 Å². The van der Waals surface area contributed by atoms with E-state index in [0.29, 0.717) is 48.9 Å². The van der Waals surface area contributed by atoms with Crippen LogP contribution in [-0.4, -0.2) is 47.1 Å². The van der Waals surface area contributed by atoms with E-state index in [-0.39, 0.29) is 11.9 Å². The molecule has 0 spiro atoms. The van der Waals surface area contributed by atoms with Gasteiger partial charge in [-0.3, -0.25) is 0 Å². The van der Waals surface area contributed by atoms with Crippen LogP contribution >= 0.6 is 15.9 Å². The van der Waals surface area contributed by atoms with Crippen LogP contribution in [0.4, 0.5) is 29.5 Å². The minimum absolute atomic E-state index is 0.190. The van der Waals surface area contributed by atoms with Crippen LogP contribution in [0.15, 0.2) is 59.1 Å². The predicted molar refractivity (Wildman–Crippen MR) is 124 cm³/mol. The van der Waals surface area contributed by atoms with Crippen LogP contribution in [0.3, 0.4) is 0 Å². The highest BCUT2D eigenvalue weighted by molar-refractivity contribution is 9.10. The molecule has 0 aliphatic carbocycles. The third-order valence-corrected chi connectivity index (χ3v) is 5.99. The Balaban J connectivity index is 1.46. The molecule has 2 heterocycles. The summed E-state index contributed by atoms with van der Waals surface area (Å²) in [5, 5.41) is 2.90. The molecular weight excluding hydrogens is 499 g/mol. The molecule has 3 aromatic rings. The Labute approximate surface area is 197 Å². The lowest BCUT2D eigenvalue weighted by atomic mass is 10.1. The first-order valence-corrected chi connectivity index (χ1v) is 11.1. The number of anilines is 2. The molecule has 6 nitrogen and oxygen atoms in total. The molecule has 1 aliphatic rings. The number of benzene rings is 2. The Morgan fingerprint density at radius 1 is 1.00 bits per heavy atom. The Bertz CT molecular complexity index is 1160. The van der Waals surface area contributed by atoms with Crippen molar-refractivity contribution in [3.8, 4) is 11.4 Å². The molecule has 10 heteroatoms. The SMILES string of the molecule is Cc1cc(N2CCN(C(=O)Nc3ccccc3Br)CC2)nc(-c2cccc(C(F)(F)F)c2)n1. The predicted octanol–water partition coefficient (Wildman–Crippen LogP) is 5.59. The second kappa shape index (κ2) is 9.38. The zero-order valence-electron chi connectivity index (χ0n) is 17.7. The lowest BCUT2D eigenvalue weighted by molar-refractivity contribution is -0.137. The molecule has 0 bridgehead atoms. The van der Waals surface area contributed by atoms with Crippen LogP contribution < -0.4 is 10.2 Å². The number of halogens is 4. The Hall–Kier alpha value is -3.14. The van der Waals surface area contributed by atoms with E-state index in [4.69, 9.17) is 0 Å². The quantitative estimate of drug-likeness (QED) is 0.490. The van der Waals surface area contributed by atoms with E-state index in [0.717, 1.165) is 16.6 Å². The van der Waals surface area contributed by atoms with Gasteiger partial charge in [-0.2, -0.15) is 13.2 Å². The molecule has 2 aromatic carbocycles. The Morgan fingerprint density at radius 2 is 1.73 bits per heavy atom. The van der Waals surface area contributed by atoms with E-state index in [2.05, 4.69) is 31.2 Å². The van der Waals surface area contributed by atoms with Crippen molar-refractivity contribution in [2.45, 2.75) is 13.1 Å². The zero-order valence-corrected chi connectivity index (χ0v) is 19.3. The fraction of sp³-hybridized carbons (Fsp3) is 0.261. The normalized spacial score (nSPS) is 14.3. The molecule has 0 unspecified atom stereocenters. The smallest absolute Gasteiger partial charge is 0.353 e. The van der Waals surface area contributed by atoms with Gasteiger partial charge in [0.25, 0.3) is 0 Å². The van der Waals surface area contributed by atoms with Gasteiger partial charge in [-0.25, -0.2) is 14.8 Å². The van der Waals surface area contributed by atoms with Gasteiger partial charge in [0.05, 0.1) is 11.3 Å². The molecule has 4 rings (SSSR count). The molecule has 1 fully saturated rings. The summed E-state index contributed by atoms with van der Waals surface area (Å²) in [4.78, 5) is 25.2. The second-order valence-corrected chi connectivity index (χ2v) is 8.51. The van der Waals surface area contributed by atoms with Crippen LogP contribution in [-0.2, 0) is 6.18 Å². The number of nitrogens with one attached hydrogen (secondary N) is 1. The third kappa shape index (κ3) is 5.44. The summed E-state index contributed by atoms with van der Waals surface area (Å²) in [6, 6.07) is 14.0. The first-order valence-electron chi connectivity index (χ1n) is 10.3. The van der Waals surface area contributed by atoms with Crippen LogP contribution in [0.2, 0.25) is 0 Å². The van der Waals surface area contributed by atoms with Crippen molar-refractivity contribution in [1.82, 2.24) is 14.9 Å². The number of piperazine rings is 1. The van der Waals surface area contributed by atoms with Crippen molar-refractivity contribution in [2.75, 3.05) is 36.4 Å². The van der Waals surface area contributed by atoms with Gasteiger partial charge in [0.2, 0.25) is 0 Å². The van der Waals surface area contributed by atoms with E-state index >= 15 is 0 Å². The zero-order chi connectivity index (χ0) is 23.6. The monoisotopic (exact) mass is 519 g/mol. The molecule has 1 aromatic heterocycles. The summed E-state index contributed by atoms with van der Waals surface area (Å²) in [6.07, 6.45) is -4.44. The van der Waals surface area contributed by atoms with Crippen LogP contribution in [0.1, 0.15) is 11.3 Å². The molecule has 1 N–H and O–H groups in total. The molecular formula is C23H21BrF3N5O. The highest BCUT2D eigenvalue weighted by Crippen LogP contribution is 2.32. The number of alkyl halides is 3. The van der Waals surface area contributed by atoms with Gasteiger partial charge < -0.3 is 15.1 Å². The molecule has 172 valence electrons. The molecule has 1 saturated heterocycles. The number of aryl methyl sites for hydroxylation is 1. The van der Waals surface area contributed by atoms with E-state index in [1.54, 1.807) is 24.0 Å². The van der Waals surface area contributed by atoms with Gasteiger partial charge in [-0.15, -0.1) is 0 Å². The van der Waals surface area contributed by atoms with Crippen molar-refractivity contribution < 1.29 is 18.0 Å². The lowest BCUT2D eigenvalue weighted by Crippen LogP contribution is -2.50. The number of hydrogen-bond donors (Lipinski definition) is 1. The molecule has 33 heavy (non-hydrogen) atoms. The maximum atomic E-state index is 13.1. The highest BCUT2D eigenvalue weighted by Gasteiger charge is 2.31. The summed E-state index contributed by atoms with van der Waals surface area (Å²) in [5.41, 5.74) is 0.918. The number of carbonyl (C=O) groups is 1. The maximum Gasteiger partial charge on any atom is 0.416 e. The van der Waals surface area contributed by atoms with E-state index in [9.17, 15) is 18.0 Å². The maximum absolute atomic E-state index is 13.1. The number of hydrogen-bond acceptors (Lipinski definition) is 4. The highest BCUT2D eigenvalue weighted by atomic mass is 79.9. The van der Waals surface area contributed by atoms with Gasteiger partial charge in [0, 0.05) is 48.0 Å². The van der Waals surface area contributed by atoms with Gasteiger partial charge in [-0.1, -0.05) is 24.3 Å². The minimum atomic E-state index is -4.44. The average Bonchev–Trinajstić information content (AvgIpc) is 2.80. The molecule has 0 atom stereocenters. The fourth-order valence-corrected chi connectivity index (χ4v) is 3.96. The van der Waals surface area contributed by atoms with Crippen LogP contribution in [0.5, 0.6) is 0 Å². The number of carbonyl (C=O) groups excluding carboxylic acids is 1. The Kier molecular flexibility index (Phi) is 6.55. The summed E-state index contributed by atoms with van der Waals surface area (Å²) < 4.78 is 40.1. The van der Waals surface area contributed by atoms with Crippen molar-refractivity contribution in [1.29, 1.82) is 0 Å². The first-order chi connectivity index (χ1) is 15.7. The number of aromatic nitrogens is 2. The summed E-state index contributed by atoms with van der Waals surface area (Å²) >= 11 is 3.42. The van der Waals surface area contributed by atoms with Crippen molar-refractivity contribution in [2.24, 2.45) is 0 Å². The van der Waals surface area contributed by atoms with Crippen LogP contribution in [0, 0.1) is 6.92 Å². The van der Waals surface area contributed by atoms with Gasteiger partial charge in [-0.05, 0) is 47.1 Å². The molecule has 0 saturated carbocycles. The lowest BCUT2D eigenvalue weighted by Gasteiger charge is -2.35. The number of rotatable bonds is 3. The van der Waals surface area contributed by atoms with Crippen molar-refractivity contribution >= 4 is 33.5 Å². The topological polar surface area (TPSA) is 61.4 Å². The first kappa shape index (κ1) is 23.0. The van der Waals surface area contributed by atoms with Gasteiger partial charge in [0.15, 0.2) is 5.82 Å². The summed E-state index contributed by atoms with van der Waals surface area (Å²) in [5.74, 6) is 0.867. The summed E-state index contributed by atoms with van der Waals surface area (Å²) in [7, 11) is 0. The molecule has 1 aliphatic heterocycles. The second-order valence-electron chi connectivity index (χ2n) is 7.65. The van der Waals surface area contributed by atoms with Crippen molar-refractivity contribution in [3.05, 3.63) is 70.3 Å². The Morgan fingerprint density at radius 3 is 2.42 bits per heavy atom. The standard InChI is InChI=1S/C23H21BrF3N5O/c1-15-13-20(30-21(28-15)16-5-4-6-17(14-16)23(25,26)27)31-9-11-32(12-10-31)22(33)29-19-8-3-2-7-18(19)24/h2-8,13-14H,9-12H2,1H3,(H,29,33).